The van der Waals surface area contributed by atoms with Gasteiger partial charge in [0.1, 0.15) is 6.61 Å². The second-order valence-corrected chi connectivity index (χ2v) is 3.51. The van der Waals surface area contributed by atoms with Gasteiger partial charge in [-0.15, -0.1) is 0 Å². The van der Waals surface area contributed by atoms with Crippen molar-refractivity contribution in [3.05, 3.63) is 0 Å². The molecule has 2 amide bonds. The van der Waals surface area contributed by atoms with Crippen LogP contribution in [0, 0.1) is 0 Å². The molecule has 0 atom stereocenters. The molecule has 1 aliphatic heterocycles. The first-order valence-electron chi connectivity index (χ1n) is 5.70. The van der Waals surface area contributed by atoms with Crippen molar-refractivity contribution in [2.45, 2.75) is 39.5 Å². The standard InChI is InChI=1S/C8H12FNO3.C3H8/c9-4-2-1-3-7(11)10-5-6-13-8(10)12;1-3-2/h1-6H2;3H2,1-2H3. The van der Waals surface area contributed by atoms with Crippen LogP contribution in [0.3, 0.4) is 0 Å². The third-order valence-corrected chi connectivity index (χ3v) is 1.84. The van der Waals surface area contributed by atoms with E-state index in [1.165, 1.54) is 6.42 Å². The van der Waals surface area contributed by atoms with Crippen molar-refractivity contribution in [1.82, 2.24) is 4.90 Å². The van der Waals surface area contributed by atoms with Gasteiger partial charge in [-0.05, 0) is 12.8 Å². The fourth-order valence-corrected chi connectivity index (χ4v) is 1.13. The van der Waals surface area contributed by atoms with Gasteiger partial charge in [-0.2, -0.15) is 0 Å². The van der Waals surface area contributed by atoms with Crippen LogP contribution in [0.4, 0.5) is 9.18 Å². The molecule has 1 heterocycles. The van der Waals surface area contributed by atoms with Crippen molar-refractivity contribution >= 4 is 12.0 Å². The van der Waals surface area contributed by atoms with Crippen LogP contribution in [-0.2, 0) is 9.53 Å². The summed E-state index contributed by atoms with van der Waals surface area (Å²) in [4.78, 5) is 23.2. The highest BCUT2D eigenvalue weighted by atomic mass is 19.1. The molecule has 5 heteroatoms. The molecule has 0 aliphatic carbocycles. The first-order chi connectivity index (χ1) is 7.67. The Kier molecular flexibility index (Phi) is 8.48. The van der Waals surface area contributed by atoms with E-state index in [1.54, 1.807) is 0 Å². The van der Waals surface area contributed by atoms with Crippen LogP contribution in [-0.4, -0.2) is 36.7 Å². The molecule has 4 nitrogen and oxygen atoms in total. The van der Waals surface area contributed by atoms with Crippen LogP contribution in [0.25, 0.3) is 0 Å². The summed E-state index contributed by atoms with van der Waals surface area (Å²) in [5.74, 6) is -0.268. The van der Waals surface area contributed by atoms with Gasteiger partial charge < -0.3 is 4.74 Å². The summed E-state index contributed by atoms with van der Waals surface area (Å²) in [6.45, 7) is 4.43. The molecular formula is C11H20FNO3. The minimum absolute atomic E-state index is 0.221. The van der Waals surface area contributed by atoms with E-state index >= 15 is 0 Å². The summed E-state index contributed by atoms with van der Waals surface area (Å²) in [5.41, 5.74) is 0. The summed E-state index contributed by atoms with van der Waals surface area (Å²) in [5, 5.41) is 0. The largest absolute Gasteiger partial charge is 0.447 e. The number of hydrogen-bond acceptors (Lipinski definition) is 3. The van der Waals surface area contributed by atoms with Gasteiger partial charge in [-0.25, -0.2) is 9.69 Å². The molecule has 0 radical (unpaired) electrons. The molecule has 0 aromatic rings. The third kappa shape index (κ3) is 5.68. The van der Waals surface area contributed by atoms with E-state index in [2.05, 4.69) is 18.6 Å². The van der Waals surface area contributed by atoms with Gasteiger partial charge in [-0.3, -0.25) is 9.18 Å². The molecule has 1 rings (SSSR count). The van der Waals surface area contributed by atoms with Gasteiger partial charge in [0.15, 0.2) is 0 Å². The number of carbonyl (C=O) groups is 2. The highest BCUT2D eigenvalue weighted by molar-refractivity contribution is 5.92. The van der Waals surface area contributed by atoms with E-state index < -0.39 is 12.8 Å². The predicted octanol–water partition coefficient (Wildman–Crippen LogP) is 2.52. The highest BCUT2D eigenvalue weighted by Gasteiger charge is 2.27. The van der Waals surface area contributed by atoms with E-state index in [9.17, 15) is 14.0 Å². The number of carbonyl (C=O) groups excluding carboxylic acids is 2. The number of alkyl halides is 1. The number of rotatable bonds is 4. The number of unbranched alkanes of at least 4 members (excludes halogenated alkanes) is 1. The number of halogens is 1. The fraction of sp³-hybridized carbons (Fsp3) is 0.818. The zero-order valence-electron chi connectivity index (χ0n) is 10.00. The molecule has 0 spiro atoms. The van der Waals surface area contributed by atoms with Gasteiger partial charge >= 0.3 is 6.09 Å². The van der Waals surface area contributed by atoms with Gasteiger partial charge in [0.2, 0.25) is 5.91 Å². The molecule has 0 bridgehead atoms. The number of hydrogen-bond donors (Lipinski definition) is 0. The summed E-state index contributed by atoms with van der Waals surface area (Å²) in [6.07, 6.45) is 1.75. The predicted molar refractivity (Wildman–Crippen MR) is 58.9 cm³/mol. The molecule has 0 aromatic heterocycles. The van der Waals surface area contributed by atoms with Crippen LogP contribution in [0.5, 0.6) is 0 Å². The van der Waals surface area contributed by atoms with Crippen molar-refractivity contribution in [2.75, 3.05) is 19.8 Å². The Hall–Kier alpha value is -1.13. The second-order valence-electron chi connectivity index (χ2n) is 3.51. The summed E-state index contributed by atoms with van der Waals surface area (Å²) in [6, 6.07) is 0. The van der Waals surface area contributed by atoms with Crippen LogP contribution in [0.2, 0.25) is 0 Å². The maximum atomic E-state index is 11.7. The van der Waals surface area contributed by atoms with Crippen molar-refractivity contribution in [2.24, 2.45) is 0 Å². The smallest absolute Gasteiger partial charge is 0.416 e. The second kappa shape index (κ2) is 9.12. The normalized spacial score (nSPS) is 14.2. The Labute approximate surface area is 95.8 Å². The van der Waals surface area contributed by atoms with E-state index in [1.807, 2.05) is 0 Å². The lowest BCUT2D eigenvalue weighted by molar-refractivity contribution is -0.127. The van der Waals surface area contributed by atoms with E-state index in [0.29, 0.717) is 19.4 Å². The van der Waals surface area contributed by atoms with E-state index in [0.717, 1.165) is 4.90 Å². The topological polar surface area (TPSA) is 46.6 Å². The van der Waals surface area contributed by atoms with Crippen molar-refractivity contribution < 1.29 is 18.7 Å². The Morgan fingerprint density at radius 1 is 1.44 bits per heavy atom. The molecule has 0 saturated carbocycles. The molecule has 0 aromatic carbocycles. The van der Waals surface area contributed by atoms with Crippen LogP contribution >= 0.6 is 0 Å². The average molecular weight is 233 g/mol. The monoisotopic (exact) mass is 233 g/mol. The maximum Gasteiger partial charge on any atom is 0.416 e. The molecular weight excluding hydrogens is 213 g/mol. The van der Waals surface area contributed by atoms with E-state index in [-0.39, 0.29) is 18.9 Å². The summed E-state index contributed by atoms with van der Waals surface area (Å²) < 4.78 is 16.3. The zero-order chi connectivity index (χ0) is 12.4. The van der Waals surface area contributed by atoms with Crippen molar-refractivity contribution in [3.63, 3.8) is 0 Å². The first kappa shape index (κ1) is 14.9. The molecule has 1 fully saturated rings. The Morgan fingerprint density at radius 2 is 2.06 bits per heavy atom. The molecule has 94 valence electrons. The number of cyclic esters (lactones) is 1. The lowest BCUT2D eigenvalue weighted by Gasteiger charge is -2.09. The van der Waals surface area contributed by atoms with Gasteiger partial charge in [0.25, 0.3) is 0 Å². The highest BCUT2D eigenvalue weighted by Crippen LogP contribution is 2.07. The number of imide groups is 1. The van der Waals surface area contributed by atoms with Crippen LogP contribution in [0.1, 0.15) is 39.5 Å². The minimum Gasteiger partial charge on any atom is -0.447 e. The van der Waals surface area contributed by atoms with Crippen molar-refractivity contribution in [3.8, 4) is 0 Å². The molecule has 16 heavy (non-hydrogen) atoms. The first-order valence-corrected chi connectivity index (χ1v) is 5.70. The SMILES string of the molecule is CCC.O=C(CCCCF)N1CCOC1=O. The molecule has 1 saturated heterocycles. The van der Waals surface area contributed by atoms with Crippen molar-refractivity contribution in [1.29, 1.82) is 0 Å². The molecule has 1 aliphatic rings. The lowest BCUT2D eigenvalue weighted by atomic mass is 10.2. The quantitative estimate of drug-likeness (QED) is 0.701. The maximum absolute atomic E-state index is 11.7. The van der Waals surface area contributed by atoms with Gasteiger partial charge in [0.05, 0.1) is 13.2 Å². The molecule has 0 N–H and O–H groups in total. The van der Waals surface area contributed by atoms with E-state index in [4.69, 9.17) is 0 Å². The third-order valence-electron chi connectivity index (χ3n) is 1.84. The minimum atomic E-state index is -0.578. The lowest BCUT2D eigenvalue weighted by Crippen LogP contribution is -2.31. The summed E-state index contributed by atoms with van der Waals surface area (Å²) >= 11 is 0. The Morgan fingerprint density at radius 3 is 2.50 bits per heavy atom. The van der Waals surface area contributed by atoms with Crippen LogP contribution in [0.15, 0.2) is 0 Å². The number of nitrogens with zero attached hydrogens (tertiary/aromatic N) is 1. The zero-order valence-corrected chi connectivity index (χ0v) is 10.00. The Bertz CT molecular complexity index is 221. The van der Waals surface area contributed by atoms with Gasteiger partial charge in [0, 0.05) is 6.42 Å². The molecule has 0 unspecified atom stereocenters. The Balaban J connectivity index is 0.000000673. The average Bonchev–Trinajstić information content (AvgIpc) is 2.66. The van der Waals surface area contributed by atoms with Gasteiger partial charge in [-0.1, -0.05) is 20.3 Å². The number of ether oxygens (including phenoxy) is 1. The fourth-order valence-electron chi connectivity index (χ4n) is 1.13. The summed E-state index contributed by atoms with van der Waals surface area (Å²) in [7, 11) is 0. The number of amides is 2. The van der Waals surface area contributed by atoms with Crippen LogP contribution < -0.4 is 0 Å².